The van der Waals surface area contributed by atoms with Crippen LogP contribution < -0.4 is 20.7 Å². The summed E-state index contributed by atoms with van der Waals surface area (Å²) in [6.07, 6.45) is 3.33. The van der Waals surface area contributed by atoms with Gasteiger partial charge in [0.05, 0.1) is 5.69 Å². The molecule has 0 aliphatic carbocycles. The number of nitrogens with zero attached hydrogens (tertiary/aromatic N) is 6. The molecule has 1 aliphatic heterocycles. The molecule has 0 aromatic carbocycles. The highest BCUT2D eigenvalue weighted by molar-refractivity contribution is 5.88. The van der Waals surface area contributed by atoms with Crippen molar-refractivity contribution in [2.75, 3.05) is 42.1 Å². The summed E-state index contributed by atoms with van der Waals surface area (Å²) >= 11 is 0. The van der Waals surface area contributed by atoms with E-state index in [1.54, 1.807) is 23.4 Å². The van der Waals surface area contributed by atoms with Crippen molar-refractivity contribution in [3.63, 3.8) is 0 Å². The molecule has 32 heavy (non-hydrogen) atoms. The highest BCUT2D eigenvalue weighted by Crippen LogP contribution is 2.27. The number of hydrogen-bond acceptors (Lipinski definition) is 8. The van der Waals surface area contributed by atoms with Crippen molar-refractivity contribution in [2.45, 2.75) is 20.5 Å². The third kappa shape index (κ3) is 5.20. The van der Waals surface area contributed by atoms with Crippen molar-refractivity contribution in [3.05, 3.63) is 59.7 Å². The first-order valence-electron chi connectivity index (χ1n) is 10.4. The van der Waals surface area contributed by atoms with Crippen LogP contribution in [0, 0.1) is 13.8 Å². The van der Waals surface area contributed by atoms with Crippen molar-refractivity contribution in [1.82, 2.24) is 24.8 Å². The molecule has 0 saturated carbocycles. The molecule has 0 unspecified atom stereocenters. The molecule has 10 nitrogen and oxygen atoms in total. The Bertz CT molecular complexity index is 1080. The van der Waals surface area contributed by atoms with Gasteiger partial charge < -0.3 is 20.3 Å². The molecular weight excluding hydrogens is 408 g/mol. The number of nitrogens with one attached hydrogen (secondary N) is 1. The number of aromatic nitrogens is 4. The Morgan fingerprint density at radius 1 is 1.09 bits per heavy atom. The second-order valence-corrected chi connectivity index (χ2v) is 7.60. The molecular formula is C22H26N8O2. The molecule has 0 spiro atoms. The number of urea groups is 1. The molecule has 10 heteroatoms. The van der Waals surface area contributed by atoms with Gasteiger partial charge >= 0.3 is 6.03 Å². The van der Waals surface area contributed by atoms with E-state index in [4.69, 9.17) is 10.5 Å². The Morgan fingerprint density at radius 3 is 2.66 bits per heavy atom. The molecule has 0 atom stereocenters. The lowest BCUT2D eigenvalue weighted by Crippen LogP contribution is -2.50. The van der Waals surface area contributed by atoms with E-state index in [2.05, 4.69) is 30.2 Å². The predicted octanol–water partition coefficient (Wildman–Crippen LogP) is 2.40. The second kappa shape index (κ2) is 9.46. The number of amides is 2. The van der Waals surface area contributed by atoms with Gasteiger partial charge in [0.15, 0.2) is 11.6 Å². The number of ether oxygens (including phenoxy) is 1. The lowest BCUT2D eigenvalue weighted by Gasteiger charge is -2.35. The van der Waals surface area contributed by atoms with Crippen molar-refractivity contribution < 1.29 is 9.53 Å². The highest BCUT2D eigenvalue weighted by Gasteiger charge is 2.24. The van der Waals surface area contributed by atoms with Gasteiger partial charge in [0.25, 0.3) is 0 Å². The van der Waals surface area contributed by atoms with Crippen molar-refractivity contribution in [3.8, 4) is 5.75 Å². The molecule has 4 rings (SSSR count). The minimum atomic E-state index is -0.152. The van der Waals surface area contributed by atoms with Gasteiger partial charge in [-0.1, -0.05) is 0 Å². The summed E-state index contributed by atoms with van der Waals surface area (Å²) in [5.74, 6) is 2.18. The van der Waals surface area contributed by atoms with Gasteiger partial charge in [-0.3, -0.25) is 5.32 Å². The summed E-state index contributed by atoms with van der Waals surface area (Å²) < 4.78 is 5.96. The fourth-order valence-electron chi connectivity index (χ4n) is 3.59. The zero-order valence-electron chi connectivity index (χ0n) is 18.2. The number of carbonyl (C=O) groups excluding carboxylic acids is 1. The van der Waals surface area contributed by atoms with E-state index in [0.29, 0.717) is 43.4 Å². The lowest BCUT2D eigenvalue weighted by atomic mass is 10.2. The Morgan fingerprint density at radius 2 is 1.91 bits per heavy atom. The van der Waals surface area contributed by atoms with Crippen LogP contribution in [0.1, 0.15) is 17.0 Å². The van der Waals surface area contributed by atoms with Gasteiger partial charge in [-0.05, 0) is 49.7 Å². The summed E-state index contributed by atoms with van der Waals surface area (Å²) in [4.78, 5) is 33.5. The first kappa shape index (κ1) is 21.3. The monoisotopic (exact) mass is 434 g/mol. The van der Waals surface area contributed by atoms with Crippen LogP contribution in [0.4, 0.5) is 22.4 Å². The molecule has 1 aliphatic rings. The number of pyridine rings is 2. The average Bonchev–Trinajstić information content (AvgIpc) is 2.77. The van der Waals surface area contributed by atoms with Gasteiger partial charge in [0, 0.05) is 44.3 Å². The number of anilines is 3. The first-order chi connectivity index (χ1) is 15.5. The first-order valence-corrected chi connectivity index (χ1v) is 10.4. The maximum absolute atomic E-state index is 12.7. The Kier molecular flexibility index (Phi) is 6.29. The predicted molar refractivity (Wildman–Crippen MR) is 122 cm³/mol. The largest absolute Gasteiger partial charge is 0.483 e. The van der Waals surface area contributed by atoms with E-state index >= 15 is 0 Å². The Balaban J connectivity index is 1.36. The summed E-state index contributed by atoms with van der Waals surface area (Å²) in [6.45, 7) is 6.56. The van der Waals surface area contributed by atoms with Crippen LogP contribution in [0.2, 0.25) is 0 Å². The zero-order valence-corrected chi connectivity index (χ0v) is 18.2. The molecule has 2 amide bonds. The molecule has 0 radical (unpaired) electrons. The number of hydrogen-bond donors (Lipinski definition) is 2. The fraction of sp³-hybridized carbons (Fsp3) is 0.318. The summed E-state index contributed by atoms with van der Waals surface area (Å²) in [7, 11) is 0. The third-order valence-corrected chi connectivity index (χ3v) is 5.06. The van der Waals surface area contributed by atoms with E-state index in [1.807, 2.05) is 38.1 Å². The molecule has 3 aromatic heterocycles. The van der Waals surface area contributed by atoms with Gasteiger partial charge in [0.2, 0.25) is 5.95 Å². The normalized spacial score (nSPS) is 13.7. The second-order valence-electron chi connectivity index (χ2n) is 7.60. The van der Waals surface area contributed by atoms with Crippen LogP contribution in [0.3, 0.4) is 0 Å². The van der Waals surface area contributed by atoms with Crippen LogP contribution in [0.25, 0.3) is 0 Å². The van der Waals surface area contributed by atoms with Gasteiger partial charge in [-0.15, -0.1) is 0 Å². The van der Waals surface area contributed by atoms with Crippen molar-refractivity contribution in [1.29, 1.82) is 0 Å². The minimum Gasteiger partial charge on any atom is -0.483 e. The number of nitrogens with two attached hydrogens (primary N) is 1. The average molecular weight is 435 g/mol. The molecule has 166 valence electrons. The molecule has 1 saturated heterocycles. The SMILES string of the molecule is Cc1cc(C)nc(NC(=O)N2CCN(c3ncccc3OCc3ccnc(N)n3)CC2)c1. The molecule has 0 bridgehead atoms. The standard InChI is InChI=1S/C22H26N8O2/c1-15-12-16(2)26-19(13-15)28-22(31)30-10-8-29(9-11-30)20-18(4-3-6-24-20)32-14-17-5-7-25-21(23)27-17/h3-7,12-13H,8-11,14H2,1-2H3,(H2,23,25,27)(H,26,28,31). The van der Waals surface area contributed by atoms with Gasteiger partial charge in [-0.25, -0.2) is 24.7 Å². The number of rotatable bonds is 5. The number of aryl methyl sites for hydroxylation is 2. The smallest absolute Gasteiger partial charge is 0.323 e. The number of piperazine rings is 1. The molecule has 4 heterocycles. The minimum absolute atomic E-state index is 0.152. The topological polar surface area (TPSA) is 122 Å². The summed E-state index contributed by atoms with van der Waals surface area (Å²) in [5.41, 5.74) is 8.26. The van der Waals surface area contributed by atoms with Crippen LogP contribution in [0.15, 0.2) is 42.7 Å². The van der Waals surface area contributed by atoms with E-state index < -0.39 is 0 Å². The lowest BCUT2D eigenvalue weighted by molar-refractivity contribution is 0.207. The molecule has 3 aromatic rings. The van der Waals surface area contributed by atoms with Gasteiger partial charge in [-0.2, -0.15) is 0 Å². The van der Waals surface area contributed by atoms with Crippen LogP contribution >= 0.6 is 0 Å². The Labute approximate surface area is 186 Å². The maximum atomic E-state index is 12.7. The summed E-state index contributed by atoms with van der Waals surface area (Å²) in [5, 5.41) is 2.90. The van der Waals surface area contributed by atoms with Crippen LogP contribution in [-0.2, 0) is 6.61 Å². The van der Waals surface area contributed by atoms with Crippen molar-refractivity contribution in [2.24, 2.45) is 0 Å². The summed E-state index contributed by atoms with van der Waals surface area (Å²) in [6, 6.07) is 9.14. The Hall–Kier alpha value is -3.95. The van der Waals surface area contributed by atoms with Crippen molar-refractivity contribution >= 4 is 23.6 Å². The zero-order chi connectivity index (χ0) is 22.5. The van der Waals surface area contributed by atoms with E-state index in [9.17, 15) is 4.79 Å². The number of nitrogen functional groups attached to an aromatic ring is 1. The number of carbonyl (C=O) groups is 1. The van der Waals surface area contributed by atoms with E-state index in [0.717, 1.165) is 17.1 Å². The molecule has 3 N–H and O–H groups in total. The van der Waals surface area contributed by atoms with Crippen LogP contribution in [0.5, 0.6) is 5.75 Å². The quantitative estimate of drug-likeness (QED) is 0.628. The van der Waals surface area contributed by atoms with Crippen LogP contribution in [-0.4, -0.2) is 57.0 Å². The fourth-order valence-corrected chi connectivity index (χ4v) is 3.59. The highest BCUT2D eigenvalue weighted by atomic mass is 16.5. The molecule has 1 fully saturated rings. The van der Waals surface area contributed by atoms with E-state index in [1.165, 1.54) is 0 Å². The third-order valence-electron chi connectivity index (χ3n) is 5.06. The van der Waals surface area contributed by atoms with Gasteiger partial charge in [0.1, 0.15) is 12.4 Å². The maximum Gasteiger partial charge on any atom is 0.323 e. The van der Waals surface area contributed by atoms with E-state index in [-0.39, 0.29) is 18.6 Å².